The van der Waals surface area contributed by atoms with Gasteiger partial charge in [0.05, 0.1) is 0 Å². The smallest absolute Gasteiger partial charge is 0.299 e. The number of nitrogens with zero attached hydrogens (tertiary/aromatic N) is 4. The number of fused-ring (bicyclic) bond motifs is 1. The van der Waals surface area contributed by atoms with Gasteiger partial charge in [-0.15, -0.1) is 0 Å². The molecule has 4 rings (SSSR count). The van der Waals surface area contributed by atoms with Crippen LogP contribution in [0.2, 0.25) is 0 Å². The van der Waals surface area contributed by atoms with E-state index in [1.165, 1.54) is 0 Å². The fourth-order valence-electron chi connectivity index (χ4n) is 3.55. The number of hydrogen-bond acceptors (Lipinski definition) is 6. The molecule has 1 unspecified atom stereocenters. The second-order valence-electron chi connectivity index (χ2n) is 7.06. The van der Waals surface area contributed by atoms with E-state index in [0.29, 0.717) is 36.1 Å². The Morgan fingerprint density at radius 2 is 2.26 bits per heavy atom. The van der Waals surface area contributed by atoms with E-state index in [9.17, 15) is 4.79 Å². The Morgan fingerprint density at radius 3 is 3.11 bits per heavy atom. The van der Waals surface area contributed by atoms with Crippen LogP contribution in [0.15, 0.2) is 41.1 Å². The predicted octanol–water partition coefficient (Wildman–Crippen LogP) is 2.85. The molecule has 0 saturated carbocycles. The van der Waals surface area contributed by atoms with Gasteiger partial charge in [0.15, 0.2) is 5.58 Å². The van der Waals surface area contributed by atoms with Gasteiger partial charge in [0, 0.05) is 44.1 Å². The van der Waals surface area contributed by atoms with Crippen LogP contribution < -0.4 is 10.2 Å². The summed E-state index contributed by atoms with van der Waals surface area (Å²) in [4.78, 5) is 27.4. The number of nitrogens with one attached hydrogen (secondary N) is 1. The number of hydrogen-bond donors (Lipinski definition) is 1. The minimum Gasteiger partial charge on any atom is -0.422 e. The van der Waals surface area contributed by atoms with E-state index in [1.807, 2.05) is 31.2 Å². The van der Waals surface area contributed by atoms with Crippen molar-refractivity contribution in [3.8, 4) is 0 Å². The molecule has 0 bridgehead atoms. The van der Waals surface area contributed by atoms with Gasteiger partial charge in [-0.25, -0.2) is 4.98 Å². The highest BCUT2D eigenvalue weighted by Gasteiger charge is 2.25. The van der Waals surface area contributed by atoms with E-state index >= 15 is 0 Å². The number of aromatic nitrogens is 3. The maximum absolute atomic E-state index is 12.4. The molecule has 4 heterocycles. The Bertz CT molecular complexity index is 906. The van der Waals surface area contributed by atoms with Gasteiger partial charge in [0.2, 0.25) is 11.6 Å². The second-order valence-corrected chi connectivity index (χ2v) is 7.06. The van der Waals surface area contributed by atoms with Crippen LogP contribution in [-0.2, 0) is 11.3 Å². The molecule has 1 atom stereocenters. The molecular formula is C20H23N5O2. The molecular weight excluding hydrogens is 342 g/mol. The molecule has 27 heavy (non-hydrogen) atoms. The maximum Gasteiger partial charge on any atom is 0.299 e. The van der Waals surface area contributed by atoms with Crippen LogP contribution in [0.1, 0.15) is 30.5 Å². The monoisotopic (exact) mass is 365 g/mol. The van der Waals surface area contributed by atoms with Crippen LogP contribution in [0.4, 0.5) is 6.01 Å². The third kappa shape index (κ3) is 4.24. The summed E-state index contributed by atoms with van der Waals surface area (Å²) in [5.74, 6) is 0.372. The molecule has 0 aliphatic carbocycles. The van der Waals surface area contributed by atoms with Gasteiger partial charge < -0.3 is 14.6 Å². The highest BCUT2D eigenvalue weighted by Crippen LogP contribution is 2.26. The summed E-state index contributed by atoms with van der Waals surface area (Å²) < 4.78 is 5.82. The molecule has 1 aliphatic heterocycles. The number of anilines is 1. The number of rotatable bonds is 5. The Hall–Kier alpha value is -2.96. The van der Waals surface area contributed by atoms with Gasteiger partial charge in [-0.2, -0.15) is 4.98 Å². The predicted molar refractivity (Wildman–Crippen MR) is 102 cm³/mol. The number of carbonyl (C=O) groups excluding carboxylic acids is 1. The normalized spacial score (nSPS) is 17.2. The topological polar surface area (TPSA) is 84.2 Å². The fraction of sp³-hybridized carbons (Fsp3) is 0.400. The molecule has 1 aliphatic rings. The molecule has 0 radical (unpaired) electrons. The van der Waals surface area contributed by atoms with Gasteiger partial charge in [-0.05, 0) is 55.5 Å². The molecule has 1 amide bonds. The second kappa shape index (κ2) is 7.73. The van der Waals surface area contributed by atoms with Crippen molar-refractivity contribution in [1.82, 2.24) is 20.3 Å². The first-order valence-electron chi connectivity index (χ1n) is 9.32. The van der Waals surface area contributed by atoms with Crippen LogP contribution in [-0.4, -0.2) is 33.9 Å². The molecule has 1 saturated heterocycles. The average molecular weight is 365 g/mol. The number of pyridine rings is 2. The van der Waals surface area contributed by atoms with Gasteiger partial charge in [-0.3, -0.25) is 9.78 Å². The van der Waals surface area contributed by atoms with Crippen molar-refractivity contribution in [2.24, 2.45) is 5.92 Å². The fourth-order valence-corrected chi connectivity index (χ4v) is 3.55. The van der Waals surface area contributed by atoms with Gasteiger partial charge in [0.25, 0.3) is 6.01 Å². The lowest BCUT2D eigenvalue weighted by Crippen LogP contribution is -2.38. The van der Waals surface area contributed by atoms with E-state index in [4.69, 9.17) is 4.42 Å². The van der Waals surface area contributed by atoms with Crippen molar-refractivity contribution in [2.45, 2.75) is 32.7 Å². The third-order valence-corrected chi connectivity index (χ3v) is 4.87. The molecule has 140 valence electrons. The summed E-state index contributed by atoms with van der Waals surface area (Å²) in [6, 6.07) is 8.22. The Balaban J connectivity index is 1.33. The Morgan fingerprint density at radius 1 is 1.33 bits per heavy atom. The minimum atomic E-state index is 0.0792. The molecule has 1 N–H and O–H groups in total. The van der Waals surface area contributed by atoms with Crippen molar-refractivity contribution in [3.05, 3.63) is 47.9 Å². The Labute approximate surface area is 157 Å². The molecule has 3 aromatic rings. The average Bonchev–Trinajstić information content (AvgIpc) is 3.11. The highest BCUT2D eigenvalue weighted by molar-refractivity contribution is 5.76. The van der Waals surface area contributed by atoms with Crippen LogP contribution >= 0.6 is 0 Å². The zero-order valence-electron chi connectivity index (χ0n) is 15.4. The molecule has 7 nitrogen and oxygen atoms in total. The quantitative estimate of drug-likeness (QED) is 0.748. The van der Waals surface area contributed by atoms with Crippen LogP contribution in [0.5, 0.6) is 0 Å². The van der Waals surface area contributed by atoms with E-state index in [0.717, 1.165) is 37.2 Å². The number of oxazole rings is 1. The number of amides is 1. The zero-order valence-corrected chi connectivity index (χ0v) is 15.4. The summed E-state index contributed by atoms with van der Waals surface area (Å²) in [6.07, 6.45) is 6.05. The molecule has 7 heteroatoms. The van der Waals surface area contributed by atoms with Crippen LogP contribution in [0.3, 0.4) is 0 Å². The van der Waals surface area contributed by atoms with E-state index < -0.39 is 0 Å². The van der Waals surface area contributed by atoms with Crippen molar-refractivity contribution >= 4 is 23.2 Å². The first-order chi connectivity index (χ1) is 13.2. The summed E-state index contributed by atoms with van der Waals surface area (Å²) in [5.41, 5.74) is 3.35. The third-order valence-electron chi connectivity index (χ3n) is 4.87. The molecule has 1 fully saturated rings. The lowest BCUT2D eigenvalue weighted by atomic mass is 9.94. The molecule has 0 aromatic carbocycles. The van der Waals surface area contributed by atoms with E-state index in [-0.39, 0.29) is 5.91 Å². The standard InChI is InChI=1S/C20H23N5O2/c1-14-10-15(6-8-21-14)12-23-18(26)11-16-4-3-9-25(13-16)20-24-19-17(27-20)5-2-7-22-19/h2,5-8,10,16H,3-4,9,11-13H2,1H3,(H,23,26). The molecule has 3 aromatic heterocycles. The van der Waals surface area contributed by atoms with Crippen molar-refractivity contribution in [1.29, 1.82) is 0 Å². The summed E-state index contributed by atoms with van der Waals surface area (Å²) in [6.45, 7) is 4.15. The summed E-state index contributed by atoms with van der Waals surface area (Å²) in [5, 5.41) is 3.02. The first-order valence-corrected chi connectivity index (χ1v) is 9.32. The SMILES string of the molecule is Cc1cc(CNC(=O)CC2CCCN(c3nc4ncccc4o3)C2)ccn1. The summed E-state index contributed by atoms with van der Waals surface area (Å²) >= 11 is 0. The number of aryl methyl sites for hydroxylation is 1. The van der Waals surface area contributed by atoms with Crippen molar-refractivity contribution < 1.29 is 9.21 Å². The van der Waals surface area contributed by atoms with E-state index in [2.05, 4.69) is 25.2 Å². The minimum absolute atomic E-state index is 0.0792. The van der Waals surface area contributed by atoms with Gasteiger partial charge in [0.1, 0.15) is 0 Å². The lowest BCUT2D eigenvalue weighted by Gasteiger charge is -2.31. The van der Waals surface area contributed by atoms with Crippen LogP contribution in [0, 0.1) is 12.8 Å². The summed E-state index contributed by atoms with van der Waals surface area (Å²) in [7, 11) is 0. The molecule has 0 spiro atoms. The van der Waals surface area contributed by atoms with Crippen LogP contribution in [0.25, 0.3) is 11.2 Å². The highest BCUT2D eigenvalue weighted by atomic mass is 16.4. The number of carbonyl (C=O) groups is 1. The Kier molecular flexibility index (Phi) is 5.00. The number of piperidine rings is 1. The van der Waals surface area contributed by atoms with Gasteiger partial charge >= 0.3 is 0 Å². The van der Waals surface area contributed by atoms with Crippen molar-refractivity contribution in [3.63, 3.8) is 0 Å². The largest absolute Gasteiger partial charge is 0.422 e. The first kappa shape index (κ1) is 17.5. The maximum atomic E-state index is 12.4. The zero-order chi connectivity index (χ0) is 18.6. The lowest BCUT2D eigenvalue weighted by molar-refractivity contribution is -0.122. The van der Waals surface area contributed by atoms with Crippen molar-refractivity contribution in [2.75, 3.05) is 18.0 Å². The van der Waals surface area contributed by atoms with Gasteiger partial charge in [-0.1, -0.05) is 0 Å². The van der Waals surface area contributed by atoms with E-state index in [1.54, 1.807) is 12.4 Å².